The van der Waals surface area contributed by atoms with Crippen LogP contribution in [0.15, 0.2) is 41.2 Å². The molecule has 0 saturated carbocycles. The van der Waals surface area contributed by atoms with Crippen molar-refractivity contribution in [2.75, 3.05) is 12.1 Å². The topological polar surface area (TPSA) is 96.2 Å². The number of fused-ring (bicyclic) bond motifs is 2. The Hall–Kier alpha value is -3.22. The first-order valence-corrected chi connectivity index (χ1v) is 7.58. The number of aromatic nitrogens is 2. The van der Waals surface area contributed by atoms with E-state index in [-0.39, 0.29) is 18.4 Å². The van der Waals surface area contributed by atoms with Crippen LogP contribution in [0.1, 0.15) is 12.0 Å². The van der Waals surface area contributed by atoms with Gasteiger partial charge in [-0.1, -0.05) is 6.07 Å². The zero-order valence-electron chi connectivity index (χ0n) is 12.7. The van der Waals surface area contributed by atoms with Crippen LogP contribution in [0.25, 0.3) is 11.0 Å². The maximum absolute atomic E-state index is 12.1. The van der Waals surface area contributed by atoms with Crippen LogP contribution in [-0.2, 0) is 11.2 Å². The summed E-state index contributed by atoms with van der Waals surface area (Å²) in [6, 6.07) is 10.9. The van der Waals surface area contributed by atoms with Gasteiger partial charge in [0.15, 0.2) is 11.5 Å². The standard InChI is InChI=1S/C17H15N3O4/c21-16(6-2-10-1-5-14-15(7-10)24-9-23-14)18-11-3-4-12-13(8-11)20-17(22)19-12/h1,3-5,7-8H,2,6,9H2,(H,18,21)(H2,19,20,22). The molecule has 7 heteroatoms. The summed E-state index contributed by atoms with van der Waals surface area (Å²) in [7, 11) is 0. The highest BCUT2D eigenvalue weighted by Crippen LogP contribution is 2.32. The van der Waals surface area contributed by atoms with Crippen molar-refractivity contribution in [1.82, 2.24) is 9.97 Å². The molecule has 7 nitrogen and oxygen atoms in total. The fourth-order valence-corrected chi connectivity index (χ4v) is 2.69. The Morgan fingerprint density at radius 2 is 1.88 bits per heavy atom. The van der Waals surface area contributed by atoms with E-state index in [1.807, 2.05) is 18.2 Å². The molecule has 1 aromatic heterocycles. The van der Waals surface area contributed by atoms with Crippen molar-refractivity contribution in [3.8, 4) is 11.5 Å². The number of hydrogen-bond donors (Lipinski definition) is 3. The van der Waals surface area contributed by atoms with E-state index in [4.69, 9.17) is 9.47 Å². The highest BCUT2D eigenvalue weighted by Gasteiger charge is 2.13. The quantitative estimate of drug-likeness (QED) is 0.685. The zero-order chi connectivity index (χ0) is 16.5. The lowest BCUT2D eigenvalue weighted by molar-refractivity contribution is -0.116. The van der Waals surface area contributed by atoms with E-state index in [1.165, 1.54) is 0 Å². The van der Waals surface area contributed by atoms with E-state index in [0.717, 1.165) is 17.1 Å². The minimum Gasteiger partial charge on any atom is -0.454 e. The van der Waals surface area contributed by atoms with E-state index in [9.17, 15) is 9.59 Å². The number of amides is 1. The Morgan fingerprint density at radius 1 is 1.04 bits per heavy atom. The van der Waals surface area contributed by atoms with Crippen molar-refractivity contribution in [3.05, 3.63) is 52.4 Å². The van der Waals surface area contributed by atoms with Crippen LogP contribution >= 0.6 is 0 Å². The second kappa shape index (κ2) is 5.77. The molecule has 3 aromatic rings. The summed E-state index contributed by atoms with van der Waals surface area (Å²) < 4.78 is 10.6. The highest BCUT2D eigenvalue weighted by molar-refractivity contribution is 5.93. The average Bonchev–Trinajstić information content (AvgIpc) is 3.17. The number of H-pyrrole nitrogens is 2. The largest absolute Gasteiger partial charge is 0.454 e. The van der Waals surface area contributed by atoms with Crippen molar-refractivity contribution in [3.63, 3.8) is 0 Å². The summed E-state index contributed by atoms with van der Waals surface area (Å²) in [6.07, 6.45) is 0.951. The number of benzene rings is 2. The third-order valence-corrected chi connectivity index (χ3v) is 3.88. The maximum Gasteiger partial charge on any atom is 0.323 e. The van der Waals surface area contributed by atoms with Crippen LogP contribution in [0.5, 0.6) is 11.5 Å². The lowest BCUT2D eigenvalue weighted by Gasteiger charge is -2.06. The average molecular weight is 325 g/mol. The van der Waals surface area contributed by atoms with Gasteiger partial charge in [0.2, 0.25) is 12.7 Å². The number of imidazole rings is 1. The Morgan fingerprint density at radius 3 is 2.79 bits per heavy atom. The molecule has 0 unspecified atom stereocenters. The number of anilines is 1. The summed E-state index contributed by atoms with van der Waals surface area (Å²) >= 11 is 0. The molecule has 122 valence electrons. The van der Waals surface area contributed by atoms with Crippen molar-refractivity contribution >= 4 is 22.6 Å². The molecule has 3 N–H and O–H groups in total. The van der Waals surface area contributed by atoms with Crippen molar-refractivity contribution in [1.29, 1.82) is 0 Å². The Balaban J connectivity index is 1.39. The second-order valence-electron chi connectivity index (χ2n) is 5.58. The molecule has 1 aliphatic rings. The van der Waals surface area contributed by atoms with Crippen LogP contribution in [0, 0.1) is 0 Å². The van der Waals surface area contributed by atoms with Gasteiger partial charge in [0.25, 0.3) is 0 Å². The van der Waals surface area contributed by atoms with Gasteiger partial charge in [-0.3, -0.25) is 4.79 Å². The summed E-state index contributed by atoms with van der Waals surface area (Å²) in [5.41, 5.74) is 2.76. The van der Waals surface area contributed by atoms with Gasteiger partial charge in [-0.25, -0.2) is 4.79 Å². The molecular weight excluding hydrogens is 310 g/mol. The van der Waals surface area contributed by atoms with E-state index < -0.39 is 0 Å². The Bertz CT molecular complexity index is 973. The molecule has 0 atom stereocenters. The first kappa shape index (κ1) is 14.4. The number of carbonyl (C=O) groups excluding carboxylic acids is 1. The second-order valence-corrected chi connectivity index (χ2v) is 5.58. The van der Waals surface area contributed by atoms with Gasteiger partial charge in [0, 0.05) is 12.1 Å². The van der Waals surface area contributed by atoms with E-state index in [1.54, 1.807) is 18.2 Å². The van der Waals surface area contributed by atoms with Crippen LogP contribution in [0.3, 0.4) is 0 Å². The fourth-order valence-electron chi connectivity index (χ4n) is 2.69. The SMILES string of the molecule is O=C(CCc1ccc2c(c1)OCO2)Nc1ccc2[nH]c(=O)[nH]c2c1. The summed E-state index contributed by atoms with van der Waals surface area (Å²) in [5.74, 6) is 1.36. The number of nitrogens with one attached hydrogen (secondary N) is 3. The van der Waals surface area contributed by atoms with Crippen molar-refractivity contribution in [2.45, 2.75) is 12.8 Å². The predicted molar refractivity (Wildman–Crippen MR) is 88.4 cm³/mol. The van der Waals surface area contributed by atoms with Crippen molar-refractivity contribution in [2.24, 2.45) is 0 Å². The van der Waals surface area contributed by atoms with Gasteiger partial charge >= 0.3 is 5.69 Å². The van der Waals surface area contributed by atoms with Gasteiger partial charge in [-0.15, -0.1) is 0 Å². The number of aromatic amines is 2. The molecule has 0 spiro atoms. The zero-order valence-corrected chi connectivity index (χ0v) is 12.7. The van der Waals surface area contributed by atoms with Gasteiger partial charge in [0.05, 0.1) is 11.0 Å². The molecule has 2 heterocycles. The van der Waals surface area contributed by atoms with Crippen LogP contribution < -0.4 is 20.5 Å². The number of aryl methyl sites for hydroxylation is 1. The normalized spacial score (nSPS) is 12.5. The lowest BCUT2D eigenvalue weighted by Crippen LogP contribution is -2.12. The number of carbonyl (C=O) groups is 1. The number of hydrogen-bond acceptors (Lipinski definition) is 4. The van der Waals surface area contributed by atoms with Gasteiger partial charge in [-0.2, -0.15) is 0 Å². The summed E-state index contributed by atoms with van der Waals surface area (Å²) in [4.78, 5) is 28.7. The van der Waals surface area contributed by atoms with Gasteiger partial charge in [0.1, 0.15) is 0 Å². The molecule has 0 radical (unpaired) electrons. The smallest absolute Gasteiger partial charge is 0.323 e. The van der Waals surface area contributed by atoms with Crippen LogP contribution in [0.2, 0.25) is 0 Å². The molecule has 24 heavy (non-hydrogen) atoms. The summed E-state index contributed by atoms with van der Waals surface area (Å²) in [6.45, 7) is 0.239. The molecule has 1 aliphatic heterocycles. The van der Waals surface area contributed by atoms with Gasteiger partial charge in [-0.05, 0) is 42.3 Å². The number of ether oxygens (including phenoxy) is 2. The minimum absolute atomic E-state index is 0.0927. The first-order chi connectivity index (χ1) is 11.7. The number of rotatable bonds is 4. The molecule has 0 fully saturated rings. The van der Waals surface area contributed by atoms with Crippen LogP contribution in [0.4, 0.5) is 5.69 Å². The Labute approximate surface area is 136 Å². The molecule has 2 aromatic carbocycles. The first-order valence-electron chi connectivity index (χ1n) is 7.58. The molecule has 0 aliphatic carbocycles. The van der Waals surface area contributed by atoms with Gasteiger partial charge < -0.3 is 24.8 Å². The van der Waals surface area contributed by atoms with E-state index in [2.05, 4.69) is 15.3 Å². The predicted octanol–water partition coefficient (Wildman–Crippen LogP) is 2.16. The molecule has 0 bridgehead atoms. The third-order valence-electron chi connectivity index (χ3n) is 3.88. The molecule has 1 amide bonds. The molecule has 4 rings (SSSR count). The molecular formula is C17H15N3O4. The Kier molecular flexibility index (Phi) is 3.45. The highest BCUT2D eigenvalue weighted by atomic mass is 16.7. The van der Waals surface area contributed by atoms with Crippen molar-refractivity contribution < 1.29 is 14.3 Å². The summed E-state index contributed by atoms with van der Waals surface area (Å²) in [5, 5.41) is 2.84. The molecule has 0 saturated heterocycles. The lowest BCUT2D eigenvalue weighted by atomic mass is 10.1. The van der Waals surface area contributed by atoms with E-state index >= 15 is 0 Å². The van der Waals surface area contributed by atoms with E-state index in [0.29, 0.717) is 29.6 Å². The minimum atomic E-state index is -0.267. The third kappa shape index (κ3) is 2.83. The maximum atomic E-state index is 12.1. The van der Waals surface area contributed by atoms with Crippen LogP contribution in [-0.4, -0.2) is 22.7 Å². The fraction of sp³-hybridized carbons (Fsp3) is 0.176. The monoisotopic (exact) mass is 325 g/mol.